The van der Waals surface area contributed by atoms with Crippen LogP contribution in [0.4, 0.5) is 8.78 Å². The number of halogens is 2. The summed E-state index contributed by atoms with van der Waals surface area (Å²) in [5.41, 5.74) is 0. The number of carbonyl (C=O) groups excluding carboxylic acids is 1. The summed E-state index contributed by atoms with van der Waals surface area (Å²) in [5, 5.41) is 3.19. The minimum absolute atomic E-state index is 0.0570. The van der Waals surface area contributed by atoms with Crippen molar-refractivity contribution in [2.24, 2.45) is 0 Å². The average molecular weight is 340 g/mol. The van der Waals surface area contributed by atoms with Crippen LogP contribution in [0, 0.1) is 11.6 Å². The van der Waals surface area contributed by atoms with E-state index in [1.807, 2.05) is 4.90 Å². The monoisotopic (exact) mass is 340 g/mol. The van der Waals surface area contributed by atoms with E-state index in [1.54, 1.807) is 7.11 Å². The number of piperidine rings is 1. The third kappa shape index (κ3) is 3.84. The highest BCUT2D eigenvalue weighted by Gasteiger charge is 2.34. The van der Waals surface area contributed by atoms with Crippen molar-refractivity contribution in [1.29, 1.82) is 0 Å². The number of benzene rings is 1. The molecule has 3 rings (SSSR count). The van der Waals surface area contributed by atoms with Crippen molar-refractivity contribution in [2.75, 3.05) is 26.7 Å². The van der Waals surface area contributed by atoms with E-state index in [-0.39, 0.29) is 29.9 Å². The van der Waals surface area contributed by atoms with Crippen LogP contribution < -0.4 is 10.1 Å². The van der Waals surface area contributed by atoms with E-state index in [2.05, 4.69) is 5.32 Å². The lowest BCUT2D eigenvalue weighted by molar-refractivity contribution is -0.135. The van der Waals surface area contributed by atoms with Crippen LogP contribution in [0.15, 0.2) is 18.2 Å². The molecule has 1 amide bonds. The average Bonchev–Trinajstić information content (AvgIpc) is 3.06. The molecule has 132 valence electrons. The zero-order valence-corrected chi connectivity index (χ0v) is 13.6. The molecule has 0 unspecified atom stereocenters. The van der Waals surface area contributed by atoms with Crippen LogP contribution in [-0.2, 0) is 9.53 Å². The molecular weight excluding hydrogens is 318 g/mol. The summed E-state index contributed by atoms with van der Waals surface area (Å²) in [6.45, 7) is 1.83. The quantitative estimate of drug-likeness (QED) is 0.907. The molecule has 7 heteroatoms. The van der Waals surface area contributed by atoms with Gasteiger partial charge in [-0.3, -0.25) is 4.79 Å². The summed E-state index contributed by atoms with van der Waals surface area (Å²) in [4.78, 5) is 14.3. The van der Waals surface area contributed by atoms with Crippen LogP contribution in [0.1, 0.15) is 19.3 Å². The highest BCUT2D eigenvalue weighted by molar-refractivity contribution is 5.82. The molecule has 2 aliphatic heterocycles. The van der Waals surface area contributed by atoms with E-state index in [0.717, 1.165) is 6.07 Å². The second-order valence-electron chi connectivity index (χ2n) is 6.27. The summed E-state index contributed by atoms with van der Waals surface area (Å²) in [6.07, 6.45) is 1.86. The molecule has 1 aromatic carbocycles. The van der Waals surface area contributed by atoms with Gasteiger partial charge in [0.25, 0.3) is 0 Å². The van der Waals surface area contributed by atoms with Gasteiger partial charge in [-0.1, -0.05) is 0 Å². The Morgan fingerprint density at radius 2 is 2.00 bits per heavy atom. The molecule has 0 aromatic heterocycles. The predicted octanol–water partition coefficient (Wildman–Crippen LogP) is 1.71. The molecule has 1 N–H and O–H groups in total. The predicted molar refractivity (Wildman–Crippen MR) is 83.8 cm³/mol. The van der Waals surface area contributed by atoms with Gasteiger partial charge in [-0.15, -0.1) is 0 Å². The third-order valence-electron chi connectivity index (χ3n) is 4.66. The van der Waals surface area contributed by atoms with E-state index >= 15 is 0 Å². The summed E-state index contributed by atoms with van der Waals surface area (Å²) in [6, 6.07) is 3.10. The van der Waals surface area contributed by atoms with E-state index in [9.17, 15) is 13.6 Å². The second-order valence-corrected chi connectivity index (χ2v) is 6.27. The Labute approximate surface area is 139 Å². The van der Waals surface area contributed by atoms with Gasteiger partial charge in [-0.05, 0) is 18.6 Å². The minimum atomic E-state index is -0.700. The van der Waals surface area contributed by atoms with Crippen LogP contribution in [0.2, 0.25) is 0 Å². The fourth-order valence-corrected chi connectivity index (χ4v) is 3.24. The third-order valence-corrected chi connectivity index (χ3v) is 4.66. The van der Waals surface area contributed by atoms with Crippen LogP contribution in [0.3, 0.4) is 0 Å². The van der Waals surface area contributed by atoms with Crippen molar-refractivity contribution in [1.82, 2.24) is 10.2 Å². The van der Waals surface area contributed by atoms with Gasteiger partial charge in [0.05, 0.1) is 12.1 Å². The topological polar surface area (TPSA) is 50.8 Å². The SMILES string of the molecule is CO[C@@H]1CN[C@H](C(=O)N2CCC(Oc3ccc(F)cc3F)CC2)C1. The number of hydrogen-bond donors (Lipinski definition) is 1. The van der Waals surface area contributed by atoms with Gasteiger partial charge >= 0.3 is 0 Å². The van der Waals surface area contributed by atoms with Crippen LogP contribution >= 0.6 is 0 Å². The molecule has 2 heterocycles. The number of likely N-dealkylation sites (tertiary alicyclic amines) is 1. The lowest BCUT2D eigenvalue weighted by Gasteiger charge is -2.33. The Bertz CT molecular complexity index is 591. The lowest BCUT2D eigenvalue weighted by atomic mass is 10.1. The van der Waals surface area contributed by atoms with Gasteiger partial charge in [-0.25, -0.2) is 8.78 Å². The molecule has 1 aromatic rings. The zero-order chi connectivity index (χ0) is 17.1. The molecule has 0 aliphatic carbocycles. The Balaban J connectivity index is 1.49. The van der Waals surface area contributed by atoms with Gasteiger partial charge in [0.1, 0.15) is 11.9 Å². The number of methoxy groups -OCH3 is 1. The molecule has 0 bridgehead atoms. The Morgan fingerprint density at radius 1 is 1.25 bits per heavy atom. The zero-order valence-electron chi connectivity index (χ0n) is 13.6. The fourth-order valence-electron chi connectivity index (χ4n) is 3.24. The van der Waals surface area contributed by atoms with Gasteiger partial charge in [-0.2, -0.15) is 0 Å². The Hall–Kier alpha value is -1.73. The summed E-state index contributed by atoms with van der Waals surface area (Å²) in [5.74, 6) is -1.18. The minimum Gasteiger partial charge on any atom is -0.487 e. The molecule has 0 spiro atoms. The Kier molecular flexibility index (Phi) is 5.30. The first-order chi connectivity index (χ1) is 11.6. The lowest BCUT2D eigenvalue weighted by Crippen LogP contribution is -2.48. The molecule has 2 fully saturated rings. The number of amides is 1. The highest BCUT2D eigenvalue weighted by atomic mass is 19.1. The van der Waals surface area contributed by atoms with Crippen molar-refractivity contribution >= 4 is 5.91 Å². The molecule has 0 saturated carbocycles. The van der Waals surface area contributed by atoms with Crippen molar-refractivity contribution in [3.8, 4) is 5.75 Å². The Morgan fingerprint density at radius 3 is 2.62 bits per heavy atom. The van der Waals surface area contributed by atoms with Crippen molar-refractivity contribution in [2.45, 2.75) is 37.5 Å². The number of rotatable bonds is 4. The van der Waals surface area contributed by atoms with Gasteiger partial charge < -0.3 is 19.7 Å². The molecule has 2 saturated heterocycles. The van der Waals surface area contributed by atoms with Crippen LogP contribution in [0.25, 0.3) is 0 Å². The first-order valence-electron chi connectivity index (χ1n) is 8.23. The van der Waals surface area contributed by atoms with E-state index in [4.69, 9.17) is 9.47 Å². The number of carbonyl (C=O) groups is 1. The molecule has 2 atom stereocenters. The van der Waals surface area contributed by atoms with E-state index in [0.29, 0.717) is 38.9 Å². The number of ether oxygens (including phenoxy) is 2. The number of nitrogens with one attached hydrogen (secondary N) is 1. The summed E-state index contributed by atoms with van der Waals surface area (Å²) < 4.78 is 37.4. The number of nitrogens with zero attached hydrogens (tertiary/aromatic N) is 1. The summed E-state index contributed by atoms with van der Waals surface area (Å²) in [7, 11) is 1.65. The highest BCUT2D eigenvalue weighted by Crippen LogP contribution is 2.23. The van der Waals surface area contributed by atoms with Crippen molar-refractivity contribution in [3.05, 3.63) is 29.8 Å². The maximum absolute atomic E-state index is 13.6. The first-order valence-corrected chi connectivity index (χ1v) is 8.23. The smallest absolute Gasteiger partial charge is 0.239 e. The van der Waals surface area contributed by atoms with Crippen molar-refractivity contribution < 1.29 is 23.0 Å². The maximum atomic E-state index is 13.6. The maximum Gasteiger partial charge on any atom is 0.239 e. The summed E-state index contributed by atoms with van der Waals surface area (Å²) >= 11 is 0. The fraction of sp³-hybridized carbons (Fsp3) is 0.588. The second kappa shape index (κ2) is 7.44. The largest absolute Gasteiger partial charge is 0.487 e. The van der Waals surface area contributed by atoms with E-state index in [1.165, 1.54) is 12.1 Å². The van der Waals surface area contributed by atoms with Gasteiger partial charge in [0.15, 0.2) is 11.6 Å². The molecule has 0 radical (unpaired) electrons. The van der Waals surface area contributed by atoms with Crippen LogP contribution in [0.5, 0.6) is 5.75 Å². The van der Waals surface area contributed by atoms with Gasteiger partial charge in [0.2, 0.25) is 5.91 Å². The standard InChI is InChI=1S/C17H22F2N2O3/c1-23-13-9-15(20-10-13)17(22)21-6-4-12(5-7-21)24-16-3-2-11(18)8-14(16)19/h2-3,8,12-13,15,20H,4-7,9-10H2,1H3/t13-,15-/m0/s1. The van der Waals surface area contributed by atoms with Gasteiger partial charge in [0, 0.05) is 45.7 Å². The first kappa shape index (κ1) is 17.1. The van der Waals surface area contributed by atoms with E-state index < -0.39 is 11.6 Å². The number of hydrogen-bond acceptors (Lipinski definition) is 4. The molecule has 2 aliphatic rings. The molecular formula is C17H22F2N2O3. The van der Waals surface area contributed by atoms with Crippen LogP contribution in [-0.4, -0.2) is 55.8 Å². The molecule has 24 heavy (non-hydrogen) atoms. The van der Waals surface area contributed by atoms with Crippen molar-refractivity contribution in [3.63, 3.8) is 0 Å². The normalized spacial score (nSPS) is 25.0. The molecule has 5 nitrogen and oxygen atoms in total.